The molecule has 2 rings (SSSR count). The van der Waals surface area contributed by atoms with Gasteiger partial charge in [0, 0.05) is 11.9 Å². The molecule has 0 aliphatic carbocycles. The van der Waals surface area contributed by atoms with Crippen molar-refractivity contribution in [3.8, 4) is 11.8 Å². The zero-order chi connectivity index (χ0) is 17.9. The maximum atomic E-state index is 12.0. The predicted octanol–water partition coefficient (Wildman–Crippen LogP) is 2.20. The third kappa shape index (κ3) is 2.94. The summed E-state index contributed by atoms with van der Waals surface area (Å²) in [6.45, 7) is 3.77. The first-order chi connectivity index (χ1) is 11.4. The number of esters is 2. The van der Waals surface area contributed by atoms with Crippen molar-refractivity contribution in [3.63, 3.8) is 0 Å². The van der Waals surface area contributed by atoms with E-state index in [1.807, 2.05) is 6.07 Å². The van der Waals surface area contributed by atoms with Gasteiger partial charge < -0.3 is 19.8 Å². The quantitative estimate of drug-likeness (QED) is 0.863. The number of carbonyl (C=O) groups is 2. The summed E-state index contributed by atoms with van der Waals surface area (Å²) < 4.78 is 11.2. The standard InChI is InChI=1S/C17H17N3O4/c1-4-24-16(21)13-6-5-12(7-10(13)2)20-9-11(8-18)14(19)15(20)17(22)23-3/h5-7,9H,4,19H2,1-3H3. The van der Waals surface area contributed by atoms with Crippen LogP contribution in [0.2, 0.25) is 0 Å². The minimum absolute atomic E-state index is 0.0523. The van der Waals surface area contributed by atoms with Crippen LogP contribution in [0.3, 0.4) is 0 Å². The Morgan fingerprint density at radius 2 is 2.04 bits per heavy atom. The molecule has 24 heavy (non-hydrogen) atoms. The summed E-state index contributed by atoms with van der Waals surface area (Å²) in [6, 6.07) is 6.89. The Balaban J connectivity index is 2.57. The van der Waals surface area contributed by atoms with Crippen LogP contribution < -0.4 is 5.73 Å². The first-order valence-corrected chi connectivity index (χ1v) is 7.21. The molecule has 0 radical (unpaired) electrons. The molecule has 0 fully saturated rings. The second kappa shape index (κ2) is 6.87. The summed E-state index contributed by atoms with van der Waals surface area (Å²) in [5, 5.41) is 9.13. The minimum Gasteiger partial charge on any atom is -0.464 e. The van der Waals surface area contributed by atoms with Crippen LogP contribution in [-0.4, -0.2) is 30.2 Å². The Morgan fingerprint density at radius 3 is 2.58 bits per heavy atom. The van der Waals surface area contributed by atoms with E-state index >= 15 is 0 Å². The van der Waals surface area contributed by atoms with Gasteiger partial charge >= 0.3 is 11.9 Å². The molecule has 2 N–H and O–H groups in total. The van der Waals surface area contributed by atoms with Gasteiger partial charge in [0.2, 0.25) is 0 Å². The van der Waals surface area contributed by atoms with Crippen molar-refractivity contribution >= 4 is 17.6 Å². The first kappa shape index (κ1) is 17.1. The number of aromatic nitrogens is 1. The van der Waals surface area contributed by atoms with E-state index in [-0.39, 0.29) is 23.6 Å². The summed E-state index contributed by atoms with van der Waals surface area (Å²) >= 11 is 0. The largest absolute Gasteiger partial charge is 0.464 e. The molecule has 2 aromatic rings. The summed E-state index contributed by atoms with van der Waals surface area (Å²) in [4.78, 5) is 23.9. The lowest BCUT2D eigenvalue weighted by atomic mass is 10.1. The van der Waals surface area contributed by atoms with Crippen LogP contribution >= 0.6 is 0 Å². The molecule has 0 saturated carbocycles. The van der Waals surface area contributed by atoms with Crippen LogP contribution in [0.25, 0.3) is 5.69 Å². The highest BCUT2D eigenvalue weighted by Crippen LogP contribution is 2.26. The highest BCUT2D eigenvalue weighted by atomic mass is 16.5. The lowest BCUT2D eigenvalue weighted by Gasteiger charge is -2.11. The highest BCUT2D eigenvalue weighted by Gasteiger charge is 2.22. The third-order valence-electron chi connectivity index (χ3n) is 3.53. The number of benzene rings is 1. The van der Waals surface area contributed by atoms with Gasteiger partial charge in [-0.3, -0.25) is 0 Å². The van der Waals surface area contributed by atoms with E-state index in [1.165, 1.54) is 17.9 Å². The molecule has 7 heteroatoms. The first-order valence-electron chi connectivity index (χ1n) is 7.21. The molecule has 0 aliphatic heterocycles. The molecule has 0 spiro atoms. The zero-order valence-corrected chi connectivity index (χ0v) is 13.6. The lowest BCUT2D eigenvalue weighted by Crippen LogP contribution is -2.12. The van der Waals surface area contributed by atoms with Crippen LogP contribution in [0.1, 0.15) is 38.9 Å². The van der Waals surface area contributed by atoms with Gasteiger partial charge in [0.05, 0.1) is 30.5 Å². The van der Waals surface area contributed by atoms with Crippen molar-refractivity contribution in [2.24, 2.45) is 0 Å². The molecule has 0 amide bonds. The van der Waals surface area contributed by atoms with Gasteiger partial charge in [-0.2, -0.15) is 5.26 Å². The minimum atomic E-state index is -0.652. The monoisotopic (exact) mass is 327 g/mol. The number of methoxy groups -OCH3 is 1. The van der Waals surface area contributed by atoms with Gasteiger partial charge in [0.1, 0.15) is 6.07 Å². The van der Waals surface area contributed by atoms with Crippen molar-refractivity contribution in [2.75, 3.05) is 19.5 Å². The SMILES string of the molecule is CCOC(=O)c1ccc(-n2cc(C#N)c(N)c2C(=O)OC)cc1C. The second-order valence-electron chi connectivity index (χ2n) is 5.00. The third-order valence-corrected chi connectivity index (χ3v) is 3.53. The Morgan fingerprint density at radius 1 is 1.33 bits per heavy atom. The van der Waals surface area contributed by atoms with Crippen LogP contribution in [0, 0.1) is 18.3 Å². The average molecular weight is 327 g/mol. The molecule has 0 saturated heterocycles. The van der Waals surface area contributed by atoms with E-state index in [0.717, 1.165) is 0 Å². The van der Waals surface area contributed by atoms with Gasteiger partial charge in [-0.15, -0.1) is 0 Å². The number of aryl methyl sites for hydroxylation is 1. The molecule has 0 unspecified atom stereocenters. The normalized spacial score (nSPS) is 10.1. The Kier molecular flexibility index (Phi) is 4.90. The number of rotatable bonds is 4. The number of nitrogens with two attached hydrogens (primary N) is 1. The molecule has 1 aromatic carbocycles. The van der Waals surface area contributed by atoms with Gasteiger partial charge in [-0.1, -0.05) is 0 Å². The lowest BCUT2D eigenvalue weighted by molar-refractivity contribution is 0.0524. The van der Waals surface area contributed by atoms with Crippen LogP contribution in [0.15, 0.2) is 24.4 Å². The number of anilines is 1. The number of hydrogen-bond acceptors (Lipinski definition) is 6. The van der Waals surface area contributed by atoms with Crippen molar-refractivity contribution in [3.05, 3.63) is 46.8 Å². The van der Waals surface area contributed by atoms with E-state index in [0.29, 0.717) is 16.8 Å². The van der Waals surface area contributed by atoms with E-state index in [2.05, 4.69) is 0 Å². The maximum absolute atomic E-state index is 12.0. The number of ether oxygens (including phenoxy) is 2. The Labute approximate surface area is 139 Å². The summed E-state index contributed by atoms with van der Waals surface area (Å²) in [6.07, 6.45) is 1.46. The van der Waals surface area contributed by atoms with Crippen molar-refractivity contribution in [2.45, 2.75) is 13.8 Å². The summed E-state index contributed by atoms with van der Waals surface area (Å²) in [5.74, 6) is -1.07. The Bertz CT molecular complexity index is 846. The van der Waals surface area contributed by atoms with Gasteiger partial charge in [-0.25, -0.2) is 9.59 Å². The molecule has 7 nitrogen and oxygen atoms in total. The molecular weight excluding hydrogens is 310 g/mol. The second-order valence-corrected chi connectivity index (χ2v) is 5.00. The highest BCUT2D eigenvalue weighted by molar-refractivity contribution is 5.96. The van der Waals surface area contributed by atoms with Crippen LogP contribution in [-0.2, 0) is 9.47 Å². The fourth-order valence-electron chi connectivity index (χ4n) is 2.35. The van der Waals surface area contributed by atoms with Crippen molar-refractivity contribution in [1.29, 1.82) is 5.26 Å². The number of carbonyl (C=O) groups excluding carboxylic acids is 2. The van der Waals surface area contributed by atoms with Gasteiger partial charge in [0.25, 0.3) is 0 Å². The molecule has 0 atom stereocenters. The fourth-order valence-corrected chi connectivity index (χ4v) is 2.35. The number of nitrogens with zero attached hydrogens (tertiary/aromatic N) is 2. The predicted molar refractivity (Wildman–Crippen MR) is 86.9 cm³/mol. The molecule has 1 heterocycles. The van der Waals surface area contributed by atoms with Crippen LogP contribution in [0.4, 0.5) is 5.69 Å². The Hall–Kier alpha value is -3.27. The summed E-state index contributed by atoms with van der Waals surface area (Å²) in [7, 11) is 1.24. The fraction of sp³-hybridized carbons (Fsp3) is 0.235. The molecule has 124 valence electrons. The molecular formula is C17H17N3O4. The van der Waals surface area contributed by atoms with Gasteiger partial charge in [0.15, 0.2) is 5.69 Å². The van der Waals surface area contributed by atoms with Crippen molar-refractivity contribution < 1.29 is 19.1 Å². The molecule has 1 aromatic heterocycles. The average Bonchev–Trinajstić information content (AvgIpc) is 2.90. The zero-order valence-electron chi connectivity index (χ0n) is 13.6. The topological polar surface area (TPSA) is 107 Å². The van der Waals surface area contributed by atoms with E-state index < -0.39 is 11.9 Å². The molecule has 0 bridgehead atoms. The van der Waals surface area contributed by atoms with E-state index in [1.54, 1.807) is 32.0 Å². The van der Waals surface area contributed by atoms with E-state index in [4.69, 9.17) is 20.5 Å². The number of nitriles is 1. The molecule has 0 aliphatic rings. The van der Waals surface area contributed by atoms with Crippen molar-refractivity contribution in [1.82, 2.24) is 4.57 Å². The van der Waals surface area contributed by atoms with Crippen LogP contribution in [0.5, 0.6) is 0 Å². The number of nitrogen functional groups attached to an aromatic ring is 1. The van der Waals surface area contributed by atoms with Gasteiger partial charge in [-0.05, 0) is 37.6 Å². The van der Waals surface area contributed by atoms with E-state index in [9.17, 15) is 9.59 Å². The number of hydrogen-bond donors (Lipinski definition) is 1. The maximum Gasteiger partial charge on any atom is 0.357 e. The smallest absolute Gasteiger partial charge is 0.357 e. The summed E-state index contributed by atoms with van der Waals surface area (Å²) in [5.41, 5.74) is 7.84.